The lowest BCUT2D eigenvalue weighted by atomic mass is 10.1. The Bertz CT molecular complexity index is 431. The SMILES string of the molecule is NC(=O)OCc1ccccc1.O=C1CCCC(=O)N1. The van der Waals surface area contributed by atoms with Crippen molar-refractivity contribution in [3.63, 3.8) is 0 Å². The summed E-state index contributed by atoms with van der Waals surface area (Å²) >= 11 is 0. The van der Waals surface area contributed by atoms with E-state index in [1.165, 1.54) is 0 Å². The average molecular weight is 264 g/mol. The van der Waals surface area contributed by atoms with Crippen molar-refractivity contribution in [2.45, 2.75) is 25.9 Å². The summed E-state index contributed by atoms with van der Waals surface area (Å²) in [6.07, 6.45) is 0.983. The van der Waals surface area contributed by atoms with Crippen LogP contribution in [0.2, 0.25) is 0 Å². The maximum absolute atomic E-state index is 10.3. The van der Waals surface area contributed by atoms with Crippen LogP contribution in [0, 0.1) is 0 Å². The molecule has 0 bridgehead atoms. The van der Waals surface area contributed by atoms with Crippen LogP contribution in [0.3, 0.4) is 0 Å². The third-order valence-electron chi connectivity index (χ3n) is 2.31. The molecule has 0 atom stereocenters. The average Bonchev–Trinajstić information content (AvgIpc) is 2.38. The lowest BCUT2D eigenvalue weighted by Gasteiger charge is -2.07. The molecule has 6 heteroatoms. The fraction of sp³-hybridized carbons (Fsp3) is 0.308. The first-order valence-electron chi connectivity index (χ1n) is 5.87. The van der Waals surface area contributed by atoms with Gasteiger partial charge in [0.1, 0.15) is 6.61 Å². The summed E-state index contributed by atoms with van der Waals surface area (Å²) in [5, 5.41) is 2.20. The van der Waals surface area contributed by atoms with Crippen molar-refractivity contribution in [1.82, 2.24) is 5.32 Å². The Balaban J connectivity index is 0.000000200. The maximum atomic E-state index is 10.3. The molecular weight excluding hydrogens is 248 g/mol. The molecule has 102 valence electrons. The van der Waals surface area contributed by atoms with Crippen LogP contribution in [0.5, 0.6) is 0 Å². The molecule has 19 heavy (non-hydrogen) atoms. The topological polar surface area (TPSA) is 98.5 Å². The predicted octanol–water partition coefficient (Wildman–Crippen LogP) is 1.09. The second kappa shape index (κ2) is 7.86. The molecule has 1 saturated heterocycles. The van der Waals surface area contributed by atoms with Gasteiger partial charge in [-0.25, -0.2) is 4.79 Å². The lowest BCUT2D eigenvalue weighted by molar-refractivity contribution is -0.132. The van der Waals surface area contributed by atoms with E-state index < -0.39 is 6.09 Å². The summed E-state index contributed by atoms with van der Waals surface area (Å²) in [5.41, 5.74) is 5.72. The number of carbonyl (C=O) groups is 3. The normalized spacial score (nSPS) is 13.9. The number of imide groups is 1. The first-order valence-corrected chi connectivity index (χ1v) is 5.87. The van der Waals surface area contributed by atoms with E-state index in [0.29, 0.717) is 19.3 Å². The van der Waals surface area contributed by atoms with Gasteiger partial charge in [-0.2, -0.15) is 0 Å². The van der Waals surface area contributed by atoms with Crippen LogP contribution in [0.1, 0.15) is 24.8 Å². The molecule has 3 N–H and O–H groups in total. The van der Waals surface area contributed by atoms with Crippen molar-refractivity contribution < 1.29 is 19.1 Å². The van der Waals surface area contributed by atoms with Gasteiger partial charge in [0.15, 0.2) is 0 Å². The first-order chi connectivity index (χ1) is 9.08. The minimum Gasteiger partial charge on any atom is -0.445 e. The Kier molecular flexibility index (Phi) is 6.08. The second-order valence-corrected chi connectivity index (χ2v) is 3.92. The van der Waals surface area contributed by atoms with Gasteiger partial charge in [-0.3, -0.25) is 14.9 Å². The van der Waals surface area contributed by atoms with Crippen LogP contribution in [-0.4, -0.2) is 17.9 Å². The van der Waals surface area contributed by atoms with Crippen molar-refractivity contribution in [1.29, 1.82) is 0 Å². The van der Waals surface area contributed by atoms with E-state index >= 15 is 0 Å². The highest BCUT2D eigenvalue weighted by Gasteiger charge is 2.12. The van der Waals surface area contributed by atoms with E-state index in [1.54, 1.807) is 0 Å². The number of nitrogens with two attached hydrogens (primary N) is 1. The van der Waals surface area contributed by atoms with Gasteiger partial charge in [-0.15, -0.1) is 0 Å². The van der Waals surface area contributed by atoms with E-state index in [0.717, 1.165) is 5.56 Å². The number of carbonyl (C=O) groups excluding carboxylic acids is 3. The van der Waals surface area contributed by atoms with Crippen LogP contribution in [0.15, 0.2) is 30.3 Å². The van der Waals surface area contributed by atoms with Gasteiger partial charge in [0.25, 0.3) is 0 Å². The van der Waals surface area contributed by atoms with Crippen LogP contribution < -0.4 is 11.1 Å². The molecule has 6 nitrogen and oxygen atoms in total. The third-order valence-corrected chi connectivity index (χ3v) is 2.31. The van der Waals surface area contributed by atoms with Crippen LogP contribution in [0.4, 0.5) is 4.79 Å². The van der Waals surface area contributed by atoms with Crippen molar-refractivity contribution >= 4 is 17.9 Å². The Hall–Kier alpha value is -2.37. The molecule has 1 aliphatic rings. The van der Waals surface area contributed by atoms with E-state index in [-0.39, 0.29) is 18.4 Å². The Morgan fingerprint density at radius 1 is 1.16 bits per heavy atom. The molecule has 0 spiro atoms. The highest BCUT2D eigenvalue weighted by molar-refractivity contribution is 5.97. The number of rotatable bonds is 2. The predicted molar refractivity (Wildman–Crippen MR) is 67.8 cm³/mol. The molecule has 0 aromatic heterocycles. The Morgan fingerprint density at radius 3 is 2.16 bits per heavy atom. The molecular formula is C13H16N2O4. The molecule has 3 amide bonds. The van der Waals surface area contributed by atoms with Gasteiger partial charge in [0.2, 0.25) is 11.8 Å². The summed E-state index contributed by atoms with van der Waals surface area (Å²) in [6, 6.07) is 9.37. The number of nitrogens with one attached hydrogen (secondary N) is 1. The van der Waals surface area contributed by atoms with Gasteiger partial charge >= 0.3 is 6.09 Å². The lowest BCUT2D eigenvalue weighted by Crippen LogP contribution is -2.33. The minimum absolute atomic E-state index is 0.138. The number of primary amides is 1. The summed E-state index contributed by atoms with van der Waals surface area (Å²) in [6.45, 7) is 0.246. The summed E-state index contributed by atoms with van der Waals surface area (Å²) < 4.78 is 4.57. The smallest absolute Gasteiger partial charge is 0.404 e. The van der Waals surface area contributed by atoms with Gasteiger partial charge in [0, 0.05) is 12.8 Å². The fourth-order valence-electron chi connectivity index (χ4n) is 1.42. The summed E-state index contributed by atoms with van der Waals surface area (Å²) in [7, 11) is 0. The van der Waals surface area contributed by atoms with E-state index in [4.69, 9.17) is 5.73 Å². The molecule has 0 unspecified atom stereocenters. The molecule has 1 aromatic rings. The fourth-order valence-corrected chi connectivity index (χ4v) is 1.42. The number of piperidine rings is 1. The Labute approximate surface area is 110 Å². The standard InChI is InChI=1S/C8H9NO2.C5H7NO2/c9-8(10)11-6-7-4-2-1-3-5-7;7-4-2-1-3-5(8)6-4/h1-5H,6H2,(H2,9,10);1-3H2,(H,6,7,8). The quantitative estimate of drug-likeness (QED) is 0.781. The molecule has 0 saturated carbocycles. The molecule has 1 aliphatic heterocycles. The number of ether oxygens (including phenoxy) is 1. The number of hydrogen-bond donors (Lipinski definition) is 2. The van der Waals surface area contributed by atoms with Crippen LogP contribution >= 0.6 is 0 Å². The first kappa shape index (κ1) is 14.7. The van der Waals surface area contributed by atoms with Crippen molar-refractivity contribution in [2.24, 2.45) is 5.73 Å². The minimum atomic E-state index is -0.742. The zero-order valence-electron chi connectivity index (χ0n) is 10.4. The van der Waals surface area contributed by atoms with E-state index in [2.05, 4.69) is 10.1 Å². The summed E-state index contributed by atoms with van der Waals surface area (Å²) in [5.74, 6) is -0.275. The van der Waals surface area contributed by atoms with Crippen LogP contribution in [-0.2, 0) is 20.9 Å². The Morgan fingerprint density at radius 2 is 1.74 bits per heavy atom. The highest BCUT2D eigenvalue weighted by atomic mass is 16.5. The number of hydrogen-bond acceptors (Lipinski definition) is 4. The largest absolute Gasteiger partial charge is 0.445 e. The summed E-state index contributed by atoms with van der Waals surface area (Å²) in [4.78, 5) is 30.9. The van der Waals surface area contributed by atoms with Gasteiger partial charge in [0.05, 0.1) is 0 Å². The van der Waals surface area contributed by atoms with E-state index in [9.17, 15) is 14.4 Å². The maximum Gasteiger partial charge on any atom is 0.404 e. The molecule has 1 fully saturated rings. The monoisotopic (exact) mass is 264 g/mol. The highest BCUT2D eigenvalue weighted by Crippen LogP contribution is 2.00. The zero-order valence-corrected chi connectivity index (χ0v) is 10.4. The van der Waals surface area contributed by atoms with Crippen molar-refractivity contribution in [3.8, 4) is 0 Å². The third kappa shape index (κ3) is 6.82. The molecule has 1 heterocycles. The molecule has 0 radical (unpaired) electrons. The molecule has 2 rings (SSSR count). The zero-order chi connectivity index (χ0) is 14.1. The van der Waals surface area contributed by atoms with Gasteiger partial charge < -0.3 is 10.5 Å². The van der Waals surface area contributed by atoms with Gasteiger partial charge in [-0.1, -0.05) is 30.3 Å². The molecule has 1 aromatic carbocycles. The number of benzene rings is 1. The van der Waals surface area contributed by atoms with Gasteiger partial charge in [-0.05, 0) is 12.0 Å². The number of amides is 3. The van der Waals surface area contributed by atoms with Crippen molar-refractivity contribution in [2.75, 3.05) is 0 Å². The van der Waals surface area contributed by atoms with Crippen molar-refractivity contribution in [3.05, 3.63) is 35.9 Å². The molecule has 0 aliphatic carbocycles. The van der Waals surface area contributed by atoms with E-state index in [1.807, 2.05) is 30.3 Å². The van der Waals surface area contributed by atoms with Crippen LogP contribution in [0.25, 0.3) is 0 Å². The second-order valence-electron chi connectivity index (χ2n) is 3.92.